The van der Waals surface area contributed by atoms with Crippen LogP contribution in [0.5, 0.6) is 11.6 Å². The minimum absolute atomic E-state index is 0.0871. The predicted octanol–water partition coefficient (Wildman–Crippen LogP) is 7.93. The summed E-state index contributed by atoms with van der Waals surface area (Å²) in [6.45, 7) is 11.2. The fourth-order valence-corrected chi connectivity index (χ4v) is 5.27. The molecular weight excluding hydrogens is 606 g/mol. The number of carbonyl (C=O) groups excluding carboxylic acids is 2. The van der Waals surface area contributed by atoms with Crippen molar-refractivity contribution in [2.45, 2.75) is 71.9 Å². The molecule has 0 bridgehead atoms. The van der Waals surface area contributed by atoms with Crippen LogP contribution in [0.25, 0.3) is 16.9 Å². The van der Waals surface area contributed by atoms with Crippen LogP contribution < -0.4 is 15.0 Å². The average Bonchev–Trinajstić information content (AvgIpc) is 3.75. The summed E-state index contributed by atoms with van der Waals surface area (Å²) in [5.74, 6) is 0.868. The van der Waals surface area contributed by atoms with E-state index in [1.807, 2.05) is 46.8 Å². The van der Waals surface area contributed by atoms with Crippen molar-refractivity contribution in [3.63, 3.8) is 0 Å². The van der Waals surface area contributed by atoms with Crippen LogP contribution >= 0.6 is 11.6 Å². The van der Waals surface area contributed by atoms with Crippen LogP contribution in [0.15, 0.2) is 60.8 Å². The highest BCUT2D eigenvalue weighted by atomic mass is 35.5. The van der Waals surface area contributed by atoms with Crippen molar-refractivity contribution in [3.05, 3.63) is 71.4 Å². The zero-order valence-corrected chi connectivity index (χ0v) is 27.8. The standard InChI is InChI=1S/C33H36ClN5O5.C2H6/c1-33(2,3)44-32(41)38(20-21-13-15-42-16-14-21)27-18-29(43-26-6-4-5-24(34)17-26)37-39-28(19-35-30(27)39)22-7-9-23(10-8-22)31(40)36-25-11-12-25;1-2/h4-10,17-19,21,25H,11-16,20H2,1-3H3,(H,36,40);1-2H3. The van der Waals surface area contributed by atoms with Crippen molar-refractivity contribution in [3.8, 4) is 22.9 Å². The van der Waals surface area contributed by atoms with Gasteiger partial charge in [-0.25, -0.2) is 14.3 Å². The van der Waals surface area contributed by atoms with E-state index < -0.39 is 11.7 Å². The highest BCUT2D eigenvalue weighted by Gasteiger charge is 2.30. The molecule has 1 aliphatic carbocycles. The lowest BCUT2D eigenvalue weighted by Crippen LogP contribution is -2.41. The number of amides is 2. The molecular formula is C35H42ClN5O5. The van der Waals surface area contributed by atoms with E-state index in [0.29, 0.717) is 53.1 Å². The van der Waals surface area contributed by atoms with Gasteiger partial charge in [-0.05, 0) is 82.7 Å². The fourth-order valence-electron chi connectivity index (χ4n) is 5.09. The minimum atomic E-state index is -0.706. The van der Waals surface area contributed by atoms with Gasteiger partial charge in [-0.3, -0.25) is 9.69 Å². The summed E-state index contributed by atoms with van der Waals surface area (Å²) in [6.07, 6.45) is 4.92. The largest absolute Gasteiger partial charge is 0.443 e. The SMILES string of the molecule is CC.CC(C)(C)OC(=O)N(CC1CCOCC1)c1cc(Oc2cccc(Cl)c2)nn2c(-c3ccc(C(=O)NC4CC4)cc3)cnc12. The molecule has 1 N–H and O–H groups in total. The van der Waals surface area contributed by atoms with E-state index in [4.69, 9.17) is 35.9 Å². The van der Waals surface area contributed by atoms with E-state index in [-0.39, 0.29) is 23.7 Å². The Bertz CT molecular complexity index is 1660. The number of ether oxygens (including phenoxy) is 3. The number of aromatic nitrogens is 3. The van der Waals surface area contributed by atoms with E-state index in [0.717, 1.165) is 31.2 Å². The molecule has 2 aromatic heterocycles. The first-order chi connectivity index (χ1) is 22.1. The van der Waals surface area contributed by atoms with Gasteiger partial charge in [-0.15, -0.1) is 5.10 Å². The Morgan fingerprint density at radius 1 is 1.04 bits per heavy atom. The number of imidazole rings is 1. The highest BCUT2D eigenvalue weighted by Crippen LogP contribution is 2.34. The highest BCUT2D eigenvalue weighted by molar-refractivity contribution is 6.30. The van der Waals surface area contributed by atoms with Crippen LogP contribution in [-0.4, -0.2) is 58.0 Å². The normalized spacial score (nSPS) is 15.1. The number of anilines is 1. The van der Waals surface area contributed by atoms with Crippen LogP contribution in [0.2, 0.25) is 5.02 Å². The number of hydrogen-bond acceptors (Lipinski definition) is 7. The van der Waals surface area contributed by atoms with Crippen LogP contribution in [0, 0.1) is 5.92 Å². The Morgan fingerprint density at radius 2 is 1.76 bits per heavy atom. The number of fused-ring (bicyclic) bond motifs is 1. The molecule has 0 atom stereocenters. The number of hydrogen-bond donors (Lipinski definition) is 1. The van der Waals surface area contributed by atoms with Gasteiger partial charge in [0.15, 0.2) is 5.65 Å². The van der Waals surface area contributed by atoms with Gasteiger partial charge in [0.2, 0.25) is 5.88 Å². The first-order valence-electron chi connectivity index (χ1n) is 15.9. The molecule has 0 radical (unpaired) electrons. The summed E-state index contributed by atoms with van der Waals surface area (Å²) in [6, 6.07) is 16.3. The minimum Gasteiger partial charge on any atom is -0.443 e. The monoisotopic (exact) mass is 647 g/mol. The van der Waals surface area contributed by atoms with Gasteiger partial charge >= 0.3 is 6.09 Å². The number of nitrogens with zero attached hydrogens (tertiary/aromatic N) is 4. The van der Waals surface area contributed by atoms with Gasteiger partial charge in [-0.1, -0.05) is 43.6 Å². The van der Waals surface area contributed by atoms with E-state index in [2.05, 4.69) is 5.32 Å². The molecule has 2 aliphatic rings. The molecule has 2 fully saturated rings. The molecule has 0 spiro atoms. The Kier molecular flexibility index (Phi) is 10.5. The number of rotatable bonds is 8. The molecule has 46 heavy (non-hydrogen) atoms. The van der Waals surface area contributed by atoms with Crippen molar-refractivity contribution < 1.29 is 23.8 Å². The zero-order chi connectivity index (χ0) is 32.8. The third kappa shape index (κ3) is 8.35. The van der Waals surface area contributed by atoms with Crippen LogP contribution in [-0.2, 0) is 9.47 Å². The van der Waals surface area contributed by atoms with E-state index in [1.165, 1.54) is 0 Å². The third-order valence-electron chi connectivity index (χ3n) is 7.49. The Morgan fingerprint density at radius 3 is 2.41 bits per heavy atom. The van der Waals surface area contributed by atoms with Crippen molar-refractivity contribution in [1.82, 2.24) is 19.9 Å². The molecule has 4 aromatic rings. The Balaban J connectivity index is 0.00000204. The molecule has 2 amide bonds. The van der Waals surface area contributed by atoms with Crippen molar-refractivity contribution in [2.24, 2.45) is 5.92 Å². The maximum absolute atomic E-state index is 13.8. The van der Waals surface area contributed by atoms with E-state index in [9.17, 15) is 9.59 Å². The summed E-state index contributed by atoms with van der Waals surface area (Å²) >= 11 is 6.23. The molecule has 1 saturated heterocycles. The molecule has 6 rings (SSSR count). The number of halogens is 1. The molecule has 2 aromatic carbocycles. The second kappa shape index (κ2) is 14.5. The summed E-state index contributed by atoms with van der Waals surface area (Å²) in [5, 5.41) is 8.31. The van der Waals surface area contributed by atoms with E-state index >= 15 is 0 Å². The van der Waals surface area contributed by atoms with Crippen molar-refractivity contribution >= 4 is 34.9 Å². The smallest absolute Gasteiger partial charge is 0.414 e. The van der Waals surface area contributed by atoms with E-state index in [1.54, 1.807) is 58.1 Å². The molecule has 1 saturated carbocycles. The first-order valence-corrected chi connectivity index (χ1v) is 16.3. The fraction of sp³-hybridized carbons (Fsp3) is 0.429. The lowest BCUT2D eigenvalue weighted by atomic mass is 9.99. The molecule has 0 unspecified atom stereocenters. The van der Waals surface area contributed by atoms with Gasteiger partial charge in [0.05, 0.1) is 17.6 Å². The summed E-state index contributed by atoms with van der Waals surface area (Å²) in [4.78, 5) is 32.7. The van der Waals surface area contributed by atoms with Gasteiger partial charge < -0.3 is 19.5 Å². The topological polar surface area (TPSA) is 107 Å². The van der Waals surface area contributed by atoms with Crippen molar-refractivity contribution in [2.75, 3.05) is 24.7 Å². The zero-order valence-electron chi connectivity index (χ0n) is 27.1. The summed E-state index contributed by atoms with van der Waals surface area (Å²) in [5.41, 5.74) is 2.31. The summed E-state index contributed by atoms with van der Waals surface area (Å²) < 4.78 is 19.3. The lowest BCUT2D eigenvalue weighted by molar-refractivity contribution is 0.0515. The van der Waals surface area contributed by atoms with Crippen molar-refractivity contribution in [1.29, 1.82) is 0 Å². The van der Waals surface area contributed by atoms with Gasteiger partial charge in [0.1, 0.15) is 11.4 Å². The number of nitrogens with one attached hydrogen (secondary N) is 1. The van der Waals surface area contributed by atoms with Gasteiger partial charge in [-0.2, -0.15) is 0 Å². The molecule has 3 heterocycles. The Labute approximate surface area is 275 Å². The molecule has 11 heteroatoms. The molecule has 244 valence electrons. The summed E-state index contributed by atoms with van der Waals surface area (Å²) in [7, 11) is 0. The van der Waals surface area contributed by atoms with Gasteiger partial charge in [0.25, 0.3) is 5.91 Å². The second-order valence-electron chi connectivity index (χ2n) is 12.3. The Hall–Kier alpha value is -4.15. The average molecular weight is 648 g/mol. The predicted molar refractivity (Wildman–Crippen MR) is 179 cm³/mol. The number of benzene rings is 2. The first kappa shape index (κ1) is 33.2. The third-order valence-corrected chi connectivity index (χ3v) is 7.72. The maximum Gasteiger partial charge on any atom is 0.414 e. The van der Waals surface area contributed by atoms with Gasteiger partial charge in [0, 0.05) is 48.0 Å². The number of carbonyl (C=O) groups is 2. The quantitative estimate of drug-likeness (QED) is 0.207. The second-order valence-corrected chi connectivity index (χ2v) is 12.7. The van der Waals surface area contributed by atoms with Crippen LogP contribution in [0.3, 0.4) is 0 Å². The van der Waals surface area contributed by atoms with Crippen LogP contribution in [0.4, 0.5) is 10.5 Å². The lowest BCUT2D eigenvalue weighted by Gasteiger charge is -2.31. The molecule has 10 nitrogen and oxygen atoms in total. The van der Waals surface area contributed by atoms with Crippen LogP contribution in [0.1, 0.15) is 70.7 Å². The molecule has 1 aliphatic heterocycles. The maximum atomic E-state index is 13.8.